The first-order chi connectivity index (χ1) is 15.0. The Hall–Kier alpha value is -3.80. The Bertz CT molecular complexity index is 1050. The highest BCUT2D eigenvalue weighted by Gasteiger charge is 2.20. The van der Waals surface area contributed by atoms with E-state index in [1.165, 1.54) is 7.11 Å². The van der Waals surface area contributed by atoms with Crippen LogP contribution in [0.2, 0.25) is 0 Å². The minimum atomic E-state index is -0.948. The van der Waals surface area contributed by atoms with E-state index in [9.17, 15) is 9.59 Å². The number of amides is 1. The van der Waals surface area contributed by atoms with Crippen LogP contribution in [0.25, 0.3) is 11.1 Å². The second-order valence-electron chi connectivity index (χ2n) is 6.90. The highest BCUT2D eigenvalue weighted by atomic mass is 16.5. The highest BCUT2D eigenvalue weighted by Crippen LogP contribution is 2.29. The van der Waals surface area contributed by atoms with Gasteiger partial charge in [0.15, 0.2) is 17.6 Å². The van der Waals surface area contributed by atoms with Gasteiger partial charge in [0.2, 0.25) is 0 Å². The molecule has 160 valence electrons. The first-order valence-corrected chi connectivity index (χ1v) is 9.87. The molecule has 3 aromatic rings. The van der Waals surface area contributed by atoms with Crippen molar-refractivity contribution in [3.8, 4) is 22.6 Å². The zero-order chi connectivity index (χ0) is 22.2. The van der Waals surface area contributed by atoms with Crippen LogP contribution in [0.15, 0.2) is 72.8 Å². The molecule has 0 aromatic heterocycles. The van der Waals surface area contributed by atoms with Crippen LogP contribution in [0.1, 0.15) is 12.5 Å². The van der Waals surface area contributed by atoms with Crippen LogP contribution >= 0.6 is 0 Å². The monoisotopic (exact) mass is 419 g/mol. The number of anilines is 1. The SMILES string of the molecule is COc1ccc(CC(=O)O[C@H](C)C(=O)Nc2ccccc2-c2ccccc2)cc1OC. The quantitative estimate of drug-likeness (QED) is 0.545. The molecule has 0 radical (unpaired) electrons. The van der Waals surface area contributed by atoms with Gasteiger partial charge in [-0.1, -0.05) is 54.6 Å². The zero-order valence-electron chi connectivity index (χ0n) is 17.8. The third kappa shape index (κ3) is 5.63. The van der Waals surface area contributed by atoms with Crippen LogP contribution in [0.3, 0.4) is 0 Å². The first kappa shape index (κ1) is 21.9. The van der Waals surface area contributed by atoms with Crippen LogP contribution in [-0.4, -0.2) is 32.2 Å². The fourth-order valence-electron chi connectivity index (χ4n) is 3.15. The van der Waals surface area contributed by atoms with Gasteiger partial charge in [-0.3, -0.25) is 9.59 Å². The third-order valence-electron chi connectivity index (χ3n) is 4.74. The van der Waals surface area contributed by atoms with Gasteiger partial charge in [0.1, 0.15) is 0 Å². The van der Waals surface area contributed by atoms with E-state index in [0.29, 0.717) is 22.7 Å². The Kier molecular flexibility index (Phi) is 7.27. The molecule has 0 spiro atoms. The van der Waals surface area contributed by atoms with E-state index in [2.05, 4.69) is 5.32 Å². The molecular weight excluding hydrogens is 394 g/mol. The van der Waals surface area contributed by atoms with Crippen LogP contribution in [0, 0.1) is 0 Å². The Morgan fingerprint density at radius 1 is 0.871 bits per heavy atom. The summed E-state index contributed by atoms with van der Waals surface area (Å²) in [6, 6.07) is 22.4. The van der Waals surface area contributed by atoms with Gasteiger partial charge in [0.25, 0.3) is 5.91 Å². The van der Waals surface area contributed by atoms with Crippen molar-refractivity contribution >= 4 is 17.6 Å². The molecule has 0 fully saturated rings. The van der Waals surface area contributed by atoms with Gasteiger partial charge < -0.3 is 19.5 Å². The minimum Gasteiger partial charge on any atom is -0.493 e. The third-order valence-corrected chi connectivity index (χ3v) is 4.74. The molecule has 0 aliphatic heterocycles. The summed E-state index contributed by atoms with van der Waals surface area (Å²) in [7, 11) is 3.07. The summed E-state index contributed by atoms with van der Waals surface area (Å²) >= 11 is 0. The van der Waals surface area contributed by atoms with E-state index in [1.54, 1.807) is 32.2 Å². The molecule has 6 nitrogen and oxygen atoms in total. The Morgan fingerprint density at radius 3 is 2.26 bits per heavy atom. The molecule has 0 aliphatic rings. The average molecular weight is 419 g/mol. The van der Waals surface area contributed by atoms with Crippen molar-refractivity contribution in [3.63, 3.8) is 0 Å². The number of para-hydroxylation sites is 1. The van der Waals surface area contributed by atoms with Crippen molar-refractivity contribution in [3.05, 3.63) is 78.4 Å². The van der Waals surface area contributed by atoms with E-state index >= 15 is 0 Å². The van der Waals surface area contributed by atoms with Gasteiger partial charge in [0.05, 0.1) is 20.6 Å². The van der Waals surface area contributed by atoms with Gasteiger partial charge in [-0.2, -0.15) is 0 Å². The van der Waals surface area contributed by atoms with Crippen molar-refractivity contribution < 1.29 is 23.8 Å². The minimum absolute atomic E-state index is 0.0125. The summed E-state index contributed by atoms with van der Waals surface area (Å²) in [4.78, 5) is 25.0. The first-order valence-electron chi connectivity index (χ1n) is 9.87. The van der Waals surface area contributed by atoms with Crippen LogP contribution < -0.4 is 14.8 Å². The number of carbonyl (C=O) groups excluding carboxylic acids is 2. The van der Waals surface area contributed by atoms with Crippen LogP contribution in [-0.2, 0) is 20.7 Å². The summed E-state index contributed by atoms with van der Waals surface area (Å²) in [5.41, 5.74) is 3.22. The normalized spacial score (nSPS) is 11.3. The fraction of sp³-hybridized carbons (Fsp3) is 0.200. The molecule has 1 N–H and O–H groups in total. The molecule has 0 saturated heterocycles. The number of rotatable bonds is 8. The maximum absolute atomic E-state index is 12.6. The topological polar surface area (TPSA) is 73.9 Å². The number of ether oxygens (including phenoxy) is 3. The lowest BCUT2D eigenvalue weighted by Crippen LogP contribution is -2.30. The molecule has 0 unspecified atom stereocenters. The fourth-order valence-corrected chi connectivity index (χ4v) is 3.15. The Labute approximate surface area is 181 Å². The number of hydrogen-bond acceptors (Lipinski definition) is 5. The molecule has 1 atom stereocenters. The lowest BCUT2D eigenvalue weighted by molar-refractivity contribution is -0.152. The summed E-state index contributed by atoms with van der Waals surface area (Å²) < 4.78 is 15.8. The number of carbonyl (C=O) groups is 2. The van der Waals surface area contributed by atoms with E-state index < -0.39 is 18.0 Å². The van der Waals surface area contributed by atoms with Crippen molar-refractivity contribution in [2.45, 2.75) is 19.4 Å². The van der Waals surface area contributed by atoms with E-state index in [4.69, 9.17) is 14.2 Å². The molecule has 0 heterocycles. The Morgan fingerprint density at radius 2 is 1.55 bits per heavy atom. The number of nitrogens with one attached hydrogen (secondary N) is 1. The molecule has 31 heavy (non-hydrogen) atoms. The highest BCUT2D eigenvalue weighted by molar-refractivity contribution is 5.98. The standard InChI is InChI=1S/C25H25NO5/c1-17(31-24(27)16-18-13-14-22(29-2)23(15-18)30-3)25(28)26-21-12-8-7-11-20(21)19-9-5-4-6-10-19/h4-15,17H,16H2,1-3H3,(H,26,28)/t17-/m1/s1. The predicted molar refractivity (Wildman–Crippen MR) is 119 cm³/mol. The lowest BCUT2D eigenvalue weighted by atomic mass is 10.0. The summed E-state index contributed by atoms with van der Waals surface area (Å²) in [5.74, 6) is 0.191. The summed E-state index contributed by atoms with van der Waals surface area (Å²) in [6.45, 7) is 1.55. The van der Waals surface area contributed by atoms with Gasteiger partial charge >= 0.3 is 5.97 Å². The second-order valence-corrected chi connectivity index (χ2v) is 6.90. The molecule has 0 saturated carbocycles. The number of benzene rings is 3. The van der Waals surface area contributed by atoms with E-state index in [-0.39, 0.29) is 6.42 Å². The van der Waals surface area contributed by atoms with Crippen molar-refractivity contribution in [1.82, 2.24) is 0 Å². The predicted octanol–water partition coefficient (Wildman–Crippen LogP) is 4.48. The van der Waals surface area contributed by atoms with Crippen molar-refractivity contribution in [1.29, 1.82) is 0 Å². The second kappa shape index (κ2) is 10.3. The Balaban J connectivity index is 1.63. The van der Waals surface area contributed by atoms with Gasteiger partial charge in [-0.15, -0.1) is 0 Å². The maximum Gasteiger partial charge on any atom is 0.311 e. The van der Waals surface area contributed by atoms with E-state index in [0.717, 1.165) is 11.1 Å². The van der Waals surface area contributed by atoms with Crippen LogP contribution in [0.5, 0.6) is 11.5 Å². The smallest absolute Gasteiger partial charge is 0.311 e. The molecule has 3 rings (SSSR count). The maximum atomic E-state index is 12.6. The van der Waals surface area contributed by atoms with E-state index in [1.807, 2.05) is 54.6 Å². The number of esters is 1. The molecule has 6 heteroatoms. The number of hydrogen-bond donors (Lipinski definition) is 1. The zero-order valence-corrected chi connectivity index (χ0v) is 17.8. The molecule has 3 aromatic carbocycles. The molecule has 0 aliphatic carbocycles. The van der Waals surface area contributed by atoms with Gasteiger partial charge in [0, 0.05) is 11.3 Å². The van der Waals surface area contributed by atoms with Gasteiger partial charge in [-0.05, 0) is 36.2 Å². The van der Waals surface area contributed by atoms with Crippen molar-refractivity contribution in [2.75, 3.05) is 19.5 Å². The largest absolute Gasteiger partial charge is 0.493 e. The summed E-state index contributed by atoms with van der Waals surface area (Å²) in [6.07, 6.45) is -0.935. The van der Waals surface area contributed by atoms with Crippen LogP contribution in [0.4, 0.5) is 5.69 Å². The van der Waals surface area contributed by atoms with Gasteiger partial charge in [-0.25, -0.2) is 0 Å². The molecule has 1 amide bonds. The lowest BCUT2D eigenvalue weighted by Gasteiger charge is -2.16. The molecule has 0 bridgehead atoms. The number of methoxy groups -OCH3 is 2. The molecular formula is C25H25NO5. The summed E-state index contributed by atoms with van der Waals surface area (Å²) in [5, 5.41) is 2.86. The average Bonchev–Trinajstić information content (AvgIpc) is 2.79. The van der Waals surface area contributed by atoms with Crippen molar-refractivity contribution in [2.24, 2.45) is 0 Å².